The molecule has 0 saturated carbocycles. The zero-order valence-electron chi connectivity index (χ0n) is 11.6. The van der Waals surface area contributed by atoms with Crippen molar-refractivity contribution in [3.05, 3.63) is 29.3 Å². The minimum Gasteiger partial charge on any atom is -0.410 e. The predicted molar refractivity (Wildman–Crippen MR) is 72.8 cm³/mol. The van der Waals surface area contributed by atoms with Gasteiger partial charge in [-0.05, 0) is 50.7 Å². The summed E-state index contributed by atoms with van der Waals surface area (Å²) in [5.74, 6) is 0.506. The lowest BCUT2D eigenvalue weighted by atomic mass is 9.97. The van der Waals surface area contributed by atoms with Crippen LogP contribution in [-0.4, -0.2) is 25.1 Å². The van der Waals surface area contributed by atoms with E-state index < -0.39 is 6.09 Å². The Bertz CT molecular complexity index is 416. The zero-order chi connectivity index (χ0) is 13.7. The largest absolute Gasteiger partial charge is 0.410 e. The van der Waals surface area contributed by atoms with Gasteiger partial charge in [0.1, 0.15) is 5.75 Å². The fourth-order valence-corrected chi connectivity index (χ4v) is 1.92. The van der Waals surface area contributed by atoms with Crippen LogP contribution in [0.3, 0.4) is 0 Å². The van der Waals surface area contributed by atoms with Gasteiger partial charge in [-0.1, -0.05) is 19.4 Å². The van der Waals surface area contributed by atoms with Crippen molar-refractivity contribution in [1.82, 2.24) is 4.90 Å². The van der Waals surface area contributed by atoms with Crippen molar-refractivity contribution in [3.63, 3.8) is 0 Å². The van der Waals surface area contributed by atoms with E-state index in [-0.39, 0.29) is 6.04 Å². The van der Waals surface area contributed by atoms with Crippen molar-refractivity contribution in [1.29, 1.82) is 0 Å². The molecule has 0 fully saturated rings. The van der Waals surface area contributed by atoms with Crippen LogP contribution < -0.4 is 10.5 Å². The molecule has 0 aromatic heterocycles. The lowest BCUT2D eigenvalue weighted by molar-refractivity contribution is 0.210. The summed E-state index contributed by atoms with van der Waals surface area (Å²) in [4.78, 5) is 12.9. The molecule has 0 radical (unpaired) electrons. The summed E-state index contributed by atoms with van der Waals surface area (Å²) in [5, 5.41) is 0. The molecule has 0 saturated heterocycles. The van der Waals surface area contributed by atoms with Gasteiger partial charge in [0.25, 0.3) is 0 Å². The second kappa shape index (κ2) is 6.40. The number of carbonyl (C=O) groups is 1. The van der Waals surface area contributed by atoms with E-state index in [2.05, 4.69) is 18.7 Å². The second-order valence-electron chi connectivity index (χ2n) is 4.67. The molecule has 0 aliphatic rings. The van der Waals surface area contributed by atoms with Crippen molar-refractivity contribution < 1.29 is 9.53 Å². The number of rotatable bonds is 5. The van der Waals surface area contributed by atoms with Crippen LogP contribution in [0, 0.1) is 0 Å². The first-order chi connectivity index (χ1) is 8.45. The number of carbonyl (C=O) groups excluding carboxylic acids is 1. The van der Waals surface area contributed by atoms with E-state index >= 15 is 0 Å². The molecule has 0 aliphatic heterocycles. The SMILES string of the molecule is CCCc1ccc(OC(N)=O)cc1C(C)N(C)C. The van der Waals surface area contributed by atoms with Crippen LogP contribution in [-0.2, 0) is 6.42 Å². The fourth-order valence-electron chi connectivity index (χ4n) is 1.92. The summed E-state index contributed by atoms with van der Waals surface area (Å²) in [7, 11) is 4.06. The van der Waals surface area contributed by atoms with E-state index in [9.17, 15) is 4.79 Å². The van der Waals surface area contributed by atoms with E-state index in [1.54, 1.807) is 6.07 Å². The molecule has 1 atom stereocenters. The first-order valence-corrected chi connectivity index (χ1v) is 6.22. The molecular formula is C14H22N2O2. The van der Waals surface area contributed by atoms with Gasteiger partial charge < -0.3 is 15.4 Å². The highest BCUT2D eigenvalue weighted by molar-refractivity contribution is 5.68. The van der Waals surface area contributed by atoms with Gasteiger partial charge in [0.15, 0.2) is 0 Å². The van der Waals surface area contributed by atoms with Gasteiger partial charge in [-0.25, -0.2) is 4.79 Å². The van der Waals surface area contributed by atoms with Crippen molar-refractivity contribution in [2.75, 3.05) is 14.1 Å². The minimum absolute atomic E-state index is 0.267. The molecule has 18 heavy (non-hydrogen) atoms. The molecular weight excluding hydrogens is 228 g/mol. The highest BCUT2D eigenvalue weighted by Crippen LogP contribution is 2.27. The number of hydrogen-bond donors (Lipinski definition) is 1. The molecule has 1 rings (SSSR count). The Hall–Kier alpha value is -1.55. The first kappa shape index (κ1) is 14.5. The summed E-state index contributed by atoms with van der Waals surface area (Å²) in [5.41, 5.74) is 7.50. The predicted octanol–water partition coefficient (Wildman–Crippen LogP) is 2.72. The standard InChI is InChI=1S/C14H22N2O2/c1-5-6-11-7-8-12(18-14(15)17)9-13(11)10(2)16(3)4/h7-10H,5-6H2,1-4H3,(H2,15,17). The average Bonchev–Trinajstić information content (AvgIpc) is 2.29. The Balaban J connectivity index is 3.10. The van der Waals surface area contributed by atoms with Gasteiger partial charge in [-0.15, -0.1) is 0 Å². The quantitative estimate of drug-likeness (QED) is 0.874. The second-order valence-corrected chi connectivity index (χ2v) is 4.67. The van der Waals surface area contributed by atoms with Gasteiger partial charge in [0.2, 0.25) is 0 Å². The van der Waals surface area contributed by atoms with Crippen LogP contribution in [0.2, 0.25) is 0 Å². The molecule has 1 aromatic carbocycles. The number of nitrogens with zero attached hydrogens (tertiary/aromatic N) is 1. The number of aryl methyl sites for hydroxylation is 1. The van der Waals surface area contributed by atoms with Crippen LogP contribution in [0.1, 0.15) is 37.4 Å². The lowest BCUT2D eigenvalue weighted by Gasteiger charge is -2.23. The highest BCUT2D eigenvalue weighted by Gasteiger charge is 2.14. The normalized spacial score (nSPS) is 12.5. The Morgan fingerprint density at radius 3 is 2.61 bits per heavy atom. The van der Waals surface area contributed by atoms with Crippen molar-refractivity contribution >= 4 is 6.09 Å². The van der Waals surface area contributed by atoms with Gasteiger partial charge in [-0.2, -0.15) is 0 Å². The maximum absolute atomic E-state index is 10.8. The number of ether oxygens (including phenoxy) is 1. The maximum Gasteiger partial charge on any atom is 0.409 e. The smallest absolute Gasteiger partial charge is 0.409 e. The van der Waals surface area contributed by atoms with Gasteiger partial charge in [0, 0.05) is 6.04 Å². The molecule has 0 aliphatic carbocycles. The highest BCUT2D eigenvalue weighted by atomic mass is 16.5. The summed E-state index contributed by atoms with van der Waals surface area (Å²) >= 11 is 0. The van der Waals surface area contributed by atoms with Crippen molar-refractivity contribution in [2.45, 2.75) is 32.7 Å². The molecule has 0 spiro atoms. The van der Waals surface area contributed by atoms with Crippen LogP contribution in [0.5, 0.6) is 5.75 Å². The molecule has 100 valence electrons. The summed E-state index contributed by atoms with van der Waals surface area (Å²) in [6.45, 7) is 4.28. The number of hydrogen-bond acceptors (Lipinski definition) is 3. The van der Waals surface area contributed by atoms with E-state index in [1.807, 2.05) is 26.2 Å². The summed E-state index contributed by atoms with van der Waals surface area (Å²) < 4.78 is 4.94. The van der Waals surface area contributed by atoms with Gasteiger partial charge in [-0.3, -0.25) is 0 Å². The van der Waals surface area contributed by atoms with Gasteiger partial charge >= 0.3 is 6.09 Å². The third kappa shape index (κ3) is 3.74. The lowest BCUT2D eigenvalue weighted by Crippen LogP contribution is -2.19. The number of amides is 1. The van der Waals surface area contributed by atoms with Crippen LogP contribution in [0.25, 0.3) is 0 Å². The Kier molecular flexibility index (Phi) is 5.16. The zero-order valence-corrected chi connectivity index (χ0v) is 11.6. The van der Waals surface area contributed by atoms with E-state index in [4.69, 9.17) is 10.5 Å². The Morgan fingerprint density at radius 2 is 2.11 bits per heavy atom. The van der Waals surface area contributed by atoms with Crippen LogP contribution in [0.4, 0.5) is 4.79 Å². The third-order valence-electron chi connectivity index (χ3n) is 3.08. The Morgan fingerprint density at radius 1 is 1.44 bits per heavy atom. The van der Waals surface area contributed by atoms with E-state index in [0.29, 0.717) is 5.75 Å². The molecule has 0 bridgehead atoms. The molecule has 1 amide bonds. The molecule has 2 N–H and O–H groups in total. The monoisotopic (exact) mass is 250 g/mol. The molecule has 4 nitrogen and oxygen atoms in total. The number of benzene rings is 1. The van der Waals surface area contributed by atoms with Crippen molar-refractivity contribution in [2.24, 2.45) is 5.73 Å². The minimum atomic E-state index is -0.776. The maximum atomic E-state index is 10.8. The van der Waals surface area contributed by atoms with Crippen LogP contribution >= 0.6 is 0 Å². The van der Waals surface area contributed by atoms with E-state index in [0.717, 1.165) is 12.8 Å². The van der Waals surface area contributed by atoms with Crippen LogP contribution in [0.15, 0.2) is 18.2 Å². The Labute approximate surface area is 109 Å². The molecule has 1 unspecified atom stereocenters. The molecule has 0 heterocycles. The first-order valence-electron chi connectivity index (χ1n) is 6.22. The number of primary amides is 1. The van der Waals surface area contributed by atoms with E-state index in [1.165, 1.54) is 11.1 Å². The fraction of sp³-hybridized carbons (Fsp3) is 0.500. The van der Waals surface area contributed by atoms with Gasteiger partial charge in [0.05, 0.1) is 0 Å². The summed E-state index contributed by atoms with van der Waals surface area (Å²) in [6, 6.07) is 5.97. The molecule has 4 heteroatoms. The third-order valence-corrected chi connectivity index (χ3v) is 3.08. The topological polar surface area (TPSA) is 55.6 Å². The van der Waals surface area contributed by atoms with Crippen molar-refractivity contribution in [3.8, 4) is 5.75 Å². The summed E-state index contributed by atoms with van der Waals surface area (Å²) in [6.07, 6.45) is 1.33. The number of nitrogens with two attached hydrogens (primary N) is 1. The average molecular weight is 250 g/mol. The molecule has 1 aromatic rings.